The first-order valence-electron chi connectivity index (χ1n) is 11.2. The van der Waals surface area contributed by atoms with Crippen LogP contribution in [0.4, 0.5) is 5.13 Å². The van der Waals surface area contributed by atoms with Crippen molar-refractivity contribution < 1.29 is 13.2 Å². The van der Waals surface area contributed by atoms with Gasteiger partial charge in [-0.1, -0.05) is 37.3 Å². The Labute approximate surface area is 211 Å². The summed E-state index contributed by atoms with van der Waals surface area (Å²) in [6.45, 7) is 1.69. The zero-order valence-corrected chi connectivity index (χ0v) is 21.7. The van der Waals surface area contributed by atoms with E-state index in [-0.39, 0.29) is 34.8 Å². The van der Waals surface area contributed by atoms with Crippen molar-refractivity contribution in [3.63, 3.8) is 0 Å². The van der Waals surface area contributed by atoms with Crippen molar-refractivity contribution in [2.75, 3.05) is 17.8 Å². The highest BCUT2D eigenvalue weighted by molar-refractivity contribution is 7.93. The van der Waals surface area contributed by atoms with Gasteiger partial charge in [0.25, 0.3) is 10.0 Å². The number of amides is 1. The number of rotatable bonds is 12. The van der Waals surface area contributed by atoms with E-state index in [1.165, 1.54) is 56.4 Å². The Balaban J connectivity index is 0.00000385. The lowest BCUT2D eigenvalue weighted by molar-refractivity contribution is -0.120. The number of benzene rings is 1. The Morgan fingerprint density at radius 1 is 1.06 bits per heavy atom. The maximum Gasteiger partial charge on any atom is 0.263 e. The smallest absolute Gasteiger partial charge is 0.263 e. The van der Waals surface area contributed by atoms with Gasteiger partial charge in [0.05, 0.1) is 17.0 Å². The van der Waals surface area contributed by atoms with Crippen molar-refractivity contribution >= 4 is 56.4 Å². The topological polar surface area (TPSA) is 100 Å². The van der Waals surface area contributed by atoms with E-state index in [1.54, 1.807) is 5.38 Å². The molecule has 7 nitrogen and oxygen atoms in total. The highest BCUT2D eigenvalue weighted by Gasteiger charge is 2.17. The summed E-state index contributed by atoms with van der Waals surface area (Å²) in [5.41, 5.74) is 0.540. The summed E-state index contributed by atoms with van der Waals surface area (Å²) in [5.74, 6) is -0.109. The largest absolute Gasteiger partial charge is 0.356 e. The molecule has 0 radical (unpaired) electrons. The molecule has 3 N–H and O–H groups in total. The molecule has 0 atom stereocenters. The Morgan fingerprint density at radius 2 is 1.76 bits per heavy atom. The molecule has 1 aliphatic carbocycles. The summed E-state index contributed by atoms with van der Waals surface area (Å²) in [5, 5.41) is 8.93. The number of hydrogen-bond donors (Lipinski definition) is 3. The van der Waals surface area contributed by atoms with Crippen LogP contribution in [0.2, 0.25) is 5.02 Å². The number of carbonyl (C=O) groups excluding carboxylic acids is 1. The van der Waals surface area contributed by atoms with Crippen LogP contribution in [-0.2, 0) is 21.2 Å². The molecule has 1 aromatic heterocycles. The number of nitrogens with one attached hydrogen (secondary N) is 3. The summed E-state index contributed by atoms with van der Waals surface area (Å²) in [7, 11) is -3.74. The number of carbonyl (C=O) groups is 1. The lowest BCUT2D eigenvalue weighted by Crippen LogP contribution is -2.31. The normalized spacial score (nSPS) is 14.5. The first-order chi connectivity index (χ1) is 15.4. The lowest BCUT2D eigenvalue weighted by atomic mass is 9.95. The molecular weight excluding hydrogens is 503 g/mol. The number of nitrogens with zero attached hydrogens (tertiary/aromatic N) is 1. The van der Waals surface area contributed by atoms with Gasteiger partial charge in [0.2, 0.25) is 5.91 Å². The van der Waals surface area contributed by atoms with Gasteiger partial charge in [-0.05, 0) is 56.5 Å². The van der Waals surface area contributed by atoms with Crippen molar-refractivity contribution in [3.05, 3.63) is 40.4 Å². The number of unbranched alkanes of at least 4 members (excludes halogenated alkanes) is 2. The minimum Gasteiger partial charge on any atom is -0.356 e. The molecule has 0 unspecified atom stereocenters. The summed E-state index contributed by atoms with van der Waals surface area (Å²) < 4.78 is 27.3. The molecule has 1 amide bonds. The van der Waals surface area contributed by atoms with Crippen LogP contribution in [0.3, 0.4) is 0 Å². The summed E-state index contributed by atoms with van der Waals surface area (Å²) in [4.78, 5) is 16.5. The number of anilines is 1. The molecule has 0 spiro atoms. The van der Waals surface area contributed by atoms with Gasteiger partial charge in [-0.15, -0.1) is 23.7 Å². The second-order valence-electron chi connectivity index (χ2n) is 8.08. The maximum absolute atomic E-state index is 12.4. The average molecular weight is 536 g/mol. The van der Waals surface area contributed by atoms with Crippen LogP contribution < -0.4 is 15.4 Å². The van der Waals surface area contributed by atoms with E-state index < -0.39 is 10.0 Å². The van der Waals surface area contributed by atoms with Gasteiger partial charge in [0.1, 0.15) is 0 Å². The molecule has 1 fully saturated rings. The fourth-order valence-electron chi connectivity index (χ4n) is 3.72. The number of halogens is 2. The summed E-state index contributed by atoms with van der Waals surface area (Å²) in [6.07, 6.45) is 9.94. The number of sulfonamides is 1. The molecule has 1 aliphatic rings. The molecule has 3 rings (SSSR count). The fraction of sp³-hybridized carbons (Fsp3) is 0.545. The Hall–Kier alpha value is -1.39. The van der Waals surface area contributed by atoms with E-state index >= 15 is 0 Å². The third kappa shape index (κ3) is 9.78. The van der Waals surface area contributed by atoms with Crippen LogP contribution in [-0.4, -0.2) is 38.4 Å². The van der Waals surface area contributed by atoms with Crippen LogP contribution >= 0.6 is 35.3 Å². The van der Waals surface area contributed by atoms with Crippen molar-refractivity contribution in [1.82, 2.24) is 15.6 Å². The third-order valence-electron chi connectivity index (χ3n) is 5.45. The molecule has 33 heavy (non-hydrogen) atoms. The van der Waals surface area contributed by atoms with Gasteiger partial charge in [-0.25, -0.2) is 13.4 Å². The van der Waals surface area contributed by atoms with Crippen LogP contribution in [0.1, 0.15) is 57.1 Å². The van der Waals surface area contributed by atoms with Crippen LogP contribution in [0.15, 0.2) is 34.5 Å². The standard InChI is InChI=1S/C22H31ClN4O3S2.ClH/c23-17-9-11-20(12-10-17)32(29,30)27-22-26-19(16-31-22)15-21(28)25-14-6-2-5-13-24-18-7-3-1-4-8-18;/h9-12,16,18,24H,1-8,13-15H2,(H,25,28)(H,26,27);1H. The van der Waals surface area contributed by atoms with Crippen molar-refractivity contribution in [1.29, 1.82) is 0 Å². The Kier molecular flexibility index (Phi) is 11.9. The van der Waals surface area contributed by atoms with Gasteiger partial charge in [0, 0.05) is 23.0 Å². The van der Waals surface area contributed by atoms with E-state index in [0.29, 0.717) is 23.3 Å². The molecule has 1 heterocycles. The lowest BCUT2D eigenvalue weighted by Gasteiger charge is -2.22. The molecular formula is C22H32Cl2N4O3S2. The Morgan fingerprint density at radius 3 is 2.48 bits per heavy atom. The highest BCUT2D eigenvalue weighted by Crippen LogP contribution is 2.21. The zero-order valence-electron chi connectivity index (χ0n) is 18.5. The van der Waals surface area contributed by atoms with Gasteiger partial charge < -0.3 is 10.6 Å². The molecule has 2 aromatic rings. The van der Waals surface area contributed by atoms with E-state index in [2.05, 4.69) is 20.3 Å². The van der Waals surface area contributed by atoms with Gasteiger partial charge in [-0.3, -0.25) is 9.52 Å². The fourth-order valence-corrected chi connectivity index (χ4v) is 5.81. The van der Waals surface area contributed by atoms with Crippen LogP contribution in [0.25, 0.3) is 0 Å². The first-order valence-corrected chi connectivity index (χ1v) is 13.9. The second kappa shape index (κ2) is 14.1. The quantitative estimate of drug-likeness (QED) is 0.340. The van der Waals surface area contributed by atoms with E-state index in [9.17, 15) is 13.2 Å². The maximum atomic E-state index is 12.4. The molecule has 1 saturated carbocycles. The molecule has 0 saturated heterocycles. The average Bonchev–Trinajstić information content (AvgIpc) is 3.20. The monoisotopic (exact) mass is 534 g/mol. The summed E-state index contributed by atoms with van der Waals surface area (Å²) in [6, 6.07) is 6.58. The number of aromatic nitrogens is 1. The van der Waals surface area contributed by atoms with E-state index in [4.69, 9.17) is 11.6 Å². The van der Waals surface area contributed by atoms with Crippen molar-refractivity contribution in [3.8, 4) is 0 Å². The zero-order chi connectivity index (χ0) is 22.8. The van der Waals surface area contributed by atoms with Crippen molar-refractivity contribution in [2.45, 2.75) is 68.7 Å². The third-order valence-corrected chi connectivity index (χ3v) is 8.00. The van der Waals surface area contributed by atoms with Gasteiger partial charge >= 0.3 is 0 Å². The molecule has 0 bridgehead atoms. The minimum atomic E-state index is -3.74. The van der Waals surface area contributed by atoms with Gasteiger partial charge in [0.15, 0.2) is 5.13 Å². The predicted molar refractivity (Wildman–Crippen MR) is 137 cm³/mol. The highest BCUT2D eigenvalue weighted by atomic mass is 35.5. The molecule has 0 aliphatic heterocycles. The SMILES string of the molecule is Cl.O=C(Cc1csc(NS(=O)(=O)c2ccc(Cl)cc2)n1)NCCCCCNC1CCCCC1. The Bertz CT molecular complexity index is 962. The predicted octanol–water partition coefficient (Wildman–Crippen LogP) is 4.77. The first kappa shape index (κ1) is 27.9. The molecule has 11 heteroatoms. The van der Waals surface area contributed by atoms with E-state index in [1.807, 2.05) is 0 Å². The van der Waals surface area contributed by atoms with E-state index in [0.717, 1.165) is 37.1 Å². The number of thiazole rings is 1. The van der Waals surface area contributed by atoms with Crippen molar-refractivity contribution in [2.24, 2.45) is 0 Å². The summed E-state index contributed by atoms with van der Waals surface area (Å²) >= 11 is 6.96. The number of hydrogen-bond acceptors (Lipinski definition) is 6. The second-order valence-corrected chi connectivity index (χ2v) is 11.1. The van der Waals surface area contributed by atoms with Gasteiger partial charge in [-0.2, -0.15) is 0 Å². The van der Waals surface area contributed by atoms with Crippen LogP contribution in [0, 0.1) is 0 Å². The molecule has 1 aromatic carbocycles. The molecule has 184 valence electrons. The minimum absolute atomic E-state index is 0. The van der Waals surface area contributed by atoms with Crippen LogP contribution in [0.5, 0.6) is 0 Å².